The van der Waals surface area contributed by atoms with Crippen LogP contribution in [0.3, 0.4) is 0 Å². The molecule has 5 rings (SSSR count). The number of rotatable bonds is 5. The predicted molar refractivity (Wildman–Crippen MR) is 125 cm³/mol. The van der Waals surface area contributed by atoms with Crippen LogP contribution in [0.15, 0.2) is 90.1 Å². The van der Waals surface area contributed by atoms with Crippen LogP contribution in [0.1, 0.15) is 13.3 Å². The number of fused-ring (bicyclic) bond motifs is 1. The van der Waals surface area contributed by atoms with E-state index in [-0.39, 0.29) is 5.56 Å². The maximum Gasteiger partial charge on any atom is 0.257 e. The van der Waals surface area contributed by atoms with Gasteiger partial charge in [-0.3, -0.25) is 9.48 Å². The fraction of sp³-hybridized carbons (Fsp3) is 0.115. The summed E-state index contributed by atoms with van der Waals surface area (Å²) in [6.45, 7) is 2.97. The molecule has 2 aromatic carbocycles. The molecule has 0 aliphatic heterocycles. The minimum atomic E-state index is -0.149. The first-order valence-corrected chi connectivity index (χ1v) is 10.4. The van der Waals surface area contributed by atoms with Gasteiger partial charge in [0.1, 0.15) is 0 Å². The first-order chi connectivity index (χ1) is 15.2. The van der Waals surface area contributed by atoms with Crippen LogP contribution in [0.25, 0.3) is 44.4 Å². The summed E-state index contributed by atoms with van der Waals surface area (Å²) in [5.41, 5.74) is 6.16. The van der Waals surface area contributed by atoms with E-state index in [2.05, 4.69) is 17.0 Å². The highest BCUT2D eigenvalue weighted by Crippen LogP contribution is 2.35. The Balaban J connectivity index is 1.81. The van der Waals surface area contributed by atoms with Crippen molar-refractivity contribution in [2.45, 2.75) is 19.9 Å². The van der Waals surface area contributed by atoms with Crippen LogP contribution in [0, 0.1) is 0 Å². The number of nitrogens with zero attached hydrogens (tertiary/aromatic N) is 3. The average molecular weight is 406 g/mol. The number of pyridine rings is 2. The van der Waals surface area contributed by atoms with Gasteiger partial charge in [-0.05, 0) is 18.1 Å². The zero-order valence-corrected chi connectivity index (χ0v) is 17.2. The SMILES string of the molecule is CCCn1cc(-c2c[nH]c(=O)c3cc(-c4ccccc4)c(-c4ccccc4)nc23)cn1. The molecule has 0 radical (unpaired) electrons. The van der Waals surface area contributed by atoms with Gasteiger partial charge < -0.3 is 4.98 Å². The molecule has 5 heteroatoms. The normalized spacial score (nSPS) is 11.1. The monoisotopic (exact) mass is 406 g/mol. The number of nitrogens with one attached hydrogen (secondary N) is 1. The summed E-state index contributed by atoms with van der Waals surface area (Å²) < 4.78 is 1.92. The number of hydrogen-bond donors (Lipinski definition) is 1. The molecule has 1 N–H and O–H groups in total. The first kappa shape index (κ1) is 19.0. The second-order valence-corrected chi connectivity index (χ2v) is 7.54. The molecule has 5 nitrogen and oxygen atoms in total. The minimum Gasteiger partial charge on any atom is -0.328 e. The topological polar surface area (TPSA) is 63.6 Å². The van der Waals surface area contributed by atoms with Crippen LogP contribution >= 0.6 is 0 Å². The molecule has 0 saturated heterocycles. The number of aromatic nitrogens is 4. The fourth-order valence-corrected chi connectivity index (χ4v) is 3.90. The second kappa shape index (κ2) is 8.03. The van der Waals surface area contributed by atoms with E-state index in [1.54, 1.807) is 6.20 Å². The molecular weight excluding hydrogens is 384 g/mol. The third-order valence-electron chi connectivity index (χ3n) is 5.40. The van der Waals surface area contributed by atoms with E-state index in [1.165, 1.54) is 0 Å². The summed E-state index contributed by atoms with van der Waals surface area (Å²) in [7, 11) is 0. The Bertz CT molecular complexity index is 1400. The van der Waals surface area contributed by atoms with E-state index in [0.717, 1.165) is 46.5 Å². The zero-order chi connectivity index (χ0) is 21.2. The highest BCUT2D eigenvalue weighted by atomic mass is 16.1. The molecule has 31 heavy (non-hydrogen) atoms. The standard InChI is InChI=1S/C26H22N4O/c1-2-13-30-17-20(15-28-30)23-16-27-26(31)22-14-21(18-9-5-3-6-10-18)24(29-25(22)23)19-11-7-4-8-12-19/h3-12,14-17H,2,13H2,1H3,(H,27,31). The van der Waals surface area contributed by atoms with Crippen molar-refractivity contribution >= 4 is 10.9 Å². The van der Waals surface area contributed by atoms with E-state index in [4.69, 9.17) is 4.98 Å². The molecule has 0 amide bonds. The van der Waals surface area contributed by atoms with Crippen LogP contribution in [0.4, 0.5) is 0 Å². The molecule has 3 aromatic heterocycles. The highest BCUT2D eigenvalue weighted by Gasteiger charge is 2.16. The molecule has 0 bridgehead atoms. The maximum atomic E-state index is 12.8. The average Bonchev–Trinajstić information content (AvgIpc) is 3.28. The van der Waals surface area contributed by atoms with Crippen molar-refractivity contribution in [3.8, 4) is 33.5 Å². The summed E-state index contributed by atoms with van der Waals surface area (Å²) >= 11 is 0. The lowest BCUT2D eigenvalue weighted by molar-refractivity contribution is 0.603. The van der Waals surface area contributed by atoms with Crippen LogP contribution in [0.5, 0.6) is 0 Å². The number of hydrogen-bond acceptors (Lipinski definition) is 3. The van der Waals surface area contributed by atoms with Gasteiger partial charge >= 0.3 is 0 Å². The lowest BCUT2D eigenvalue weighted by Crippen LogP contribution is -2.08. The highest BCUT2D eigenvalue weighted by molar-refractivity contribution is 5.98. The van der Waals surface area contributed by atoms with E-state index in [1.807, 2.05) is 83.8 Å². The van der Waals surface area contributed by atoms with Crippen molar-refractivity contribution in [3.63, 3.8) is 0 Å². The molecule has 0 unspecified atom stereocenters. The number of benzene rings is 2. The van der Waals surface area contributed by atoms with Crippen LogP contribution in [-0.2, 0) is 6.54 Å². The largest absolute Gasteiger partial charge is 0.328 e. The molecule has 0 aliphatic carbocycles. The van der Waals surface area contributed by atoms with Gasteiger partial charge in [0.2, 0.25) is 0 Å². The van der Waals surface area contributed by atoms with E-state index >= 15 is 0 Å². The Kier molecular flexibility index (Phi) is 4.92. The molecule has 0 spiro atoms. The van der Waals surface area contributed by atoms with Crippen molar-refractivity contribution < 1.29 is 0 Å². The summed E-state index contributed by atoms with van der Waals surface area (Å²) in [6.07, 6.45) is 6.58. The van der Waals surface area contributed by atoms with Crippen LogP contribution in [-0.4, -0.2) is 19.7 Å². The Morgan fingerprint density at radius 3 is 2.32 bits per heavy atom. The number of aryl methyl sites for hydroxylation is 1. The Morgan fingerprint density at radius 1 is 0.903 bits per heavy atom. The quantitative estimate of drug-likeness (QED) is 0.417. The van der Waals surface area contributed by atoms with E-state index in [9.17, 15) is 4.79 Å². The molecule has 5 aromatic rings. The maximum absolute atomic E-state index is 12.8. The molecule has 0 fully saturated rings. The third kappa shape index (κ3) is 3.55. The van der Waals surface area contributed by atoms with Crippen molar-refractivity contribution in [1.29, 1.82) is 0 Å². The van der Waals surface area contributed by atoms with Crippen molar-refractivity contribution in [3.05, 3.63) is 95.7 Å². The third-order valence-corrected chi connectivity index (χ3v) is 5.40. The van der Waals surface area contributed by atoms with Gasteiger partial charge in [-0.2, -0.15) is 5.10 Å². The predicted octanol–water partition coefficient (Wildman–Crippen LogP) is 5.53. The van der Waals surface area contributed by atoms with Crippen LogP contribution in [0.2, 0.25) is 0 Å². The molecule has 0 saturated carbocycles. The van der Waals surface area contributed by atoms with E-state index < -0.39 is 0 Å². The second-order valence-electron chi connectivity index (χ2n) is 7.54. The van der Waals surface area contributed by atoms with Gasteiger partial charge in [0, 0.05) is 41.2 Å². The molecule has 0 aliphatic rings. The minimum absolute atomic E-state index is 0.149. The first-order valence-electron chi connectivity index (χ1n) is 10.4. The summed E-state index contributed by atoms with van der Waals surface area (Å²) in [5, 5.41) is 5.02. The van der Waals surface area contributed by atoms with Gasteiger partial charge in [-0.1, -0.05) is 67.6 Å². The van der Waals surface area contributed by atoms with Crippen molar-refractivity contribution in [2.24, 2.45) is 0 Å². The lowest BCUT2D eigenvalue weighted by Gasteiger charge is -2.13. The number of H-pyrrole nitrogens is 1. The van der Waals surface area contributed by atoms with Crippen molar-refractivity contribution in [2.75, 3.05) is 0 Å². The Morgan fingerprint density at radius 2 is 1.61 bits per heavy atom. The van der Waals surface area contributed by atoms with Gasteiger partial charge in [0.15, 0.2) is 0 Å². The molecule has 3 heterocycles. The van der Waals surface area contributed by atoms with Crippen molar-refractivity contribution in [1.82, 2.24) is 19.7 Å². The van der Waals surface area contributed by atoms with E-state index in [0.29, 0.717) is 10.9 Å². The molecular formula is C26H22N4O. The fourth-order valence-electron chi connectivity index (χ4n) is 3.90. The number of aromatic amines is 1. The van der Waals surface area contributed by atoms with Gasteiger partial charge in [0.25, 0.3) is 5.56 Å². The smallest absolute Gasteiger partial charge is 0.257 e. The summed E-state index contributed by atoms with van der Waals surface area (Å²) in [5.74, 6) is 0. The molecule has 0 atom stereocenters. The zero-order valence-electron chi connectivity index (χ0n) is 17.2. The summed E-state index contributed by atoms with van der Waals surface area (Å²) in [4.78, 5) is 20.7. The Hall–Kier alpha value is -3.99. The van der Waals surface area contributed by atoms with Gasteiger partial charge in [-0.15, -0.1) is 0 Å². The Labute approximate surface area is 180 Å². The van der Waals surface area contributed by atoms with Crippen LogP contribution < -0.4 is 5.56 Å². The summed E-state index contributed by atoms with van der Waals surface area (Å²) in [6, 6.07) is 22.1. The van der Waals surface area contributed by atoms with Gasteiger partial charge in [0.05, 0.1) is 22.8 Å². The lowest BCUT2D eigenvalue weighted by atomic mass is 9.96. The van der Waals surface area contributed by atoms with Gasteiger partial charge in [-0.25, -0.2) is 4.98 Å². The molecule has 152 valence electrons.